The van der Waals surface area contributed by atoms with E-state index in [2.05, 4.69) is 5.32 Å². The molecule has 0 radical (unpaired) electrons. The van der Waals surface area contributed by atoms with E-state index in [1.807, 2.05) is 12.1 Å². The van der Waals surface area contributed by atoms with Gasteiger partial charge in [0.15, 0.2) is 11.5 Å². The number of hydrogen-bond donors (Lipinski definition) is 3. The van der Waals surface area contributed by atoms with Crippen LogP contribution in [0.1, 0.15) is 18.0 Å². The Morgan fingerprint density at radius 3 is 2.35 bits per heavy atom. The molecule has 0 aliphatic carbocycles. The molecule has 0 aliphatic rings. The van der Waals surface area contributed by atoms with Gasteiger partial charge in [-0.15, -0.1) is 0 Å². The molecule has 1 aromatic rings. The van der Waals surface area contributed by atoms with Gasteiger partial charge in [0.05, 0.1) is 21.3 Å². The van der Waals surface area contributed by atoms with E-state index in [-0.39, 0.29) is 12.6 Å². The van der Waals surface area contributed by atoms with E-state index in [1.54, 1.807) is 21.3 Å². The van der Waals surface area contributed by atoms with Crippen molar-refractivity contribution in [3.05, 3.63) is 17.7 Å². The van der Waals surface area contributed by atoms with Crippen molar-refractivity contribution in [1.82, 2.24) is 5.32 Å². The molecule has 1 unspecified atom stereocenters. The van der Waals surface area contributed by atoms with Crippen LogP contribution in [-0.2, 0) is 0 Å². The fraction of sp³-hybridized carbons (Fsp3) is 0.571. The quantitative estimate of drug-likeness (QED) is 0.578. The zero-order valence-electron chi connectivity index (χ0n) is 12.3. The van der Waals surface area contributed by atoms with Crippen molar-refractivity contribution in [3.8, 4) is 17.2 Å². The van der Waals surface area contributed by atoms with E-state index in [9.17, 15) is 0 Å². The highest BCUT2D eigenvalue weighted by molar-refractivity contribution is 5.56. The van der Waals surface area contributed by atoms with Crippen molar-refractivity contribution in [3.63, 3.8) is 0 Å². The maximum absolute atomic E-state index is 8.84. The van der Waals surface area contributed by atoms with E-state index in [1.165, 1.54) is 0 Å². The molecular formula is C14H24N2O4. The number of hydrogen-bond acceptors (Lipinski definition) is 6. The molecule has 0 saturated heterocycles. The average Bonchev–Trinajstić information content (AvgIpc) is 2.50. The summed E-state index contributed by atoms with van der Waals surface area (Å²) in [5.74, 6) is 1.77. The van der Waals surface area contributed by atoms with Crippen LogP contribution in [0.15, 0.2) is 12.1 Å². The lowest BCUT2D eigenvalue weighted by atomic mass is 10.0. The van der Waals surface area contributed by atoms with Gasteiger partial charge in [-0.2, -0.15) is 0 Å². The van der Waals surface area contributed by atoms with Crippen LogP contribution in [0.2, 0.25) is 0 Å². The Morgan fingerprint density at radius 1 is 1.15 bits per heavy atom. The summed E-state index contributed by atoms with van der Waals surface area (Å²) >= 11 is 0. The molecule has 20 heavy (non-hydrogen) atoms. The predicted molar refractivity (Wildman–Crippen MR) is 77.6 cm³/mol. The highest BCUT2D eigenvalue weighted by Crippen LogP contribution is 2.41. The molecule has 0 aliphatic heterocycles. The zero-order chi connectivity index (χ0) is 15.0. The van der Waals surface area contributed by atoms with E-state index >= 15 is 0 Å². The molecule has 6 heteroatoms. The Hall–Kier alpha value is -1.50. The first-order chi connectivity index (χ1) is 9.73. The Kier molecular flexibility index (Phi) is 7.14. The van der Waals surface area contributed by atoms with Gasteiger partial charge >= 0.3 is 0 Å². The Labute approximate surface area is 119 Å². The summed E-state index contributed by atoms with van der Waals surface area (Å²) in [7, 11) is 4.74. The highest BCUT2D eigenvalue weighted by atomic mass is 16.5. The molecule has 0 fully saturated rings. The summed E-state index contributed by atoms with van der Waals surface area (Å²) in [5.41, 5.74) is 6.73. The molecule has 1 aromatic carbocycles. The first-order valence-corrected chi connectivity index (χ1v) is 6.56. The standard InChI is InChI=1S/C14H24N2O4/c1-18-12-6-5-10(13(19-2)14(12)20-3)11(9-15)16-7-4-8-17/h5-6,11,16-17H,4,7-9,15H2,1-3H3. The molecule has 114 valence electrons. The molecule has 0 spiro atoms. The van der Waals surface area contributed by atoms with Gasteiger partial charge in [0.2, 0.25) is 5.75 Å². The van der Waals surface area contributed by atoms with Crippen molar-refractivity contribution in [1.29, 1.82) is 0 Å². The molecule has 0 amide bonds. The Morgan fingerprint density at radius 2 is 1.85 bits per heavy atom. The lowest BCUT2D eigenvalue weighted by Crippen LogP contribution is -2.29. The van der Waals surface area contributed by atoms with Crippen LogP contribution in [0, 0.1) is 0 Å². The van der Waals surface area contributed by atoms with Crippen LogP contribution in [0.3, 0.4) is 0 Å². The first-order valence-electron chi connectivity index (χ1n) is 6.56. The molecule has 0 aromatic heterocycles. The normalized spacial score (nSPS) is 12.1. The average molecular weight is 284 g/mol. The highest BCUT2D eigenvalue weighted by Gasteiger charge is 2.21. The summed E-state index contributed by atoms with van der Waals surface area (Å²) in [4.78, 5) is 0. The van der Waals surface area contributed by atoms with Crippen LogP contribution >= 0.6 is 0 Å². The maximum Gasteiger partial charge on any atom is 0.203 e. The van der Waals surface area contributed by atoms with Gasteiger partial charge in [-0.05, 0) is 25.1 Å². The van der Waals surface area contributed by atoms with Crippen molar-refractivity contribution >= 4 is 0 Å². The number of aliphatic hydroxyl groups is 1. The van der Waals surface area contributed by atoms with Gasteiger partial charge in [-0.25, -0.2) is 0 Å². The summed E-state index contributed by atoms with van der Waals surface area (Å²) < 4.78 is 16.1. The van der Waals surface area contributed by atoms with Gasteiger partial charge in [-0.1, -0.05) is 0 Å². The van der Waals surface area contributed by atoms with Gasteiger partial charge in [0, 0.05) is 24.8 Å². The van der Waals surface area contributed by atoms with E-state index in [0.29, 0.717) is 36.8 Å². The maximum atomic E-state index is 8.84. The molecular weight excluding hydrogens is 260 g/mol. The fourth-order valence-corrected chi connectivity index (χ4v) is 2.07. The summed E-state index contributed by atoms with van der Waals surface area (Å²) in [6.07, 6.45) is 0.673. The van der Waals surface area contributed by atoms with Gasteiger partial charge in [0.1, 0.15) is 0 Å². The second-order valence-corrected chi connectivity index (χ2v) is 4.24. The summed E-state index contributed by atoms with van der Waals surface area (Å²) in [6, 6.07) is 3.66. The number of nitrogens with one attached hydrogen (secondary N) is 1. The summed E-state index contributed by atoms with van der Waals surface area (Å²) in [6.45, 7) is 1.24. The molecule has 6 nitrogen and oxygen atoms in total. The smallest absolute Gasteiger partial charge is 0.203 e. The number of ether oxygens (including phenoxy) is 3. The van der Waals surface area contributed by atoms with Crippen LogP contribution in [0.4, 0.5) is 0 Å². The van der Waals surface area contributed by atoms with Crippen molar-refractivity contribution in [2.45, 2.75) is 12.5 Å². The number of aliphatic hydroxyl groups excluding tert-OH is 1. The van der Waals surface area contributed by atoms with Gasteiger partial charge < -0.3 is 30.4 Å². The number of rotatable bonds is 9. The molecule has 4 N–H and O–H groups in total. The molecule has 1 rings (SSSR count). The number of methoxy groups -OCH3 is 3. The van der Waals surface area contributed by atoms with Crippen molar-refractivity contribution < 1.29 is 19.3 Å². The van der Waals surface area contributed by atoms with Crippen LogP contribution < -0.4 is 25.3 Å². The van der Waals surface area contributed by atoms with Crippen LogP contribution in [0.5, 0.6) is 17.2 Å². The third-order valence-electron chi connectivity index (χ3n) is 3.07. The predicted octanol–water partition coefficient (Wildman–Crippen LogP) is 0.684. The third-order valence-corrected chi connectivity index (χ3v) is 3.07. The Balaban J connectivity index is 3.08. The minimum absolute atomic E-state index is 0.0729. The number of benzene rings is 1. The first kappa shape index (κ1) is 16.6. The molecule has 1 atom stereocenters. The van der Waals surface area contributed by atoms with Gasteiger partial charge in [-0.3, -0.25) is 0 Å². The molecule has 0 heterocycles. The lowest BCUT2D eigenvalue weighted by molar-refractivity contribution is 0.282. The zero-order valence-corrected chi connectivity index (χ0v) is 12.3. The monoisotopic (exact) mass is 284 g/mol. The van der Waals surface area contributed by atoms with Crippen LogP contribution in [0.25, 0.3) is 0 Å². The molecule has 0 bridgehead atoms. The second kappa shape index (κ2) is 8.63. The largest absolute Gasteiger partial charge is 0.493 e. The lowest BCUT2D eigenvalue weighted by Gasteiger charge is -2.22. The van der Waals surface area contributed by atoms with Gasteiger partial charge in [0.25, 0.3) is 0 Å². The van der Waals surface area contributed by atoms with Crippen LogP contribution in [-0.4, -0.2) is 46.1 Å². The number of nitrogens with two attached hydrogens (primary N) is 1. The van der Waals surface area contributed by atoms with E-state index in [0.717, 1.165) is 5.56 Å². The topological polar surface area (TPSA) is 86.0 Å². The minimum Gasteiger partial charge on any atom is -0.493 e. The molecule has 0 saturated carbocycles. The fourth-order valence-electron chi connectivity index (χ4n) is 2.07. The second-order valence-electron chi connectivity index (χ2n) is 4.24. The van der Waals surface area contributed by atoms with Crippen molar-refractivity contribution in [2.24, 2.45) is 5.73 Å². The third kappa shape index (κ3) is 3.75. The minimum atomic E-state index is -0.0729. The Bertz CT molecular complexity index is 412. The van der Waals surface area contributed by atoms with E-state index < -0.39 is 0 Å². The summed E-state index contributed by atoms with van der Waals surface area (Å²) in [5, 5.41) is 12.1. The van der Waals surface area contributed by atoms with E-state index in [4.69, 9.17) is 25.1 Å². The van der Waals surface area contributed by atoms with Crippen molar-refractivity contribution in [2.75, 3.05) is 41.0 Å². The SMILES string of the molecule is COc1ccc(C(CN)NCCCO)c(OC)c1OC.